The molecule has 1 aliphatic heterocycles. The van der Waals surface area contributed by atoms with Crippen molar-refractivity contribution in [2.45, 2.75) is 33.1 Å². The molecule has 1 aliphatic rings. The summed E-state index contributed by atoms with van der Waals surface area (Å²) < 4.78 is 5.18. The Balaban J connectivity index is 1.36. The molecule has 0 radical (unpaired) electrons. The first-order valence-electron chi connectivity index (χ1n) is 10.4. The van der Waals surface area contributed by atoms with Crippen LogP contribution >= 0.6 is 0 Å². The number of methoxy groups -OCH3 is 1. The number of amides is 1. The molecule has 0 aliphatic carbocycles. The van der Waals surface area contributed by atoms with Gasteiger partial charge in [0.2, 0.25) is 17.8 Å². The van der Waals surface area contributed by atoms with Gasteiger partial charge in [-0.2, -0.15) is 4.98 Å². The van der Waals surface area contributed by atoms with Crippen molar-refractivity contribution in [2.24, 2.45) is 5.92 Å². The highest BCUT2D eigenvalue weighted by atomic mass is 16.5. The number of aryl methyl sites for hydroxylation is 2. The largest absolute Gasteiger partial charge is 0.497 e. The van der Waals surface area contributed by atoms with Crippen LogP contribution in [0, 0.1) is 19.8 Å². The molecule has 1 amide bonds. The highest BCUT2D eigenvalue weighted by Crippen LogP contribution is 2.22. The maximum Gasteiger partial charge on any atom is 0.248 e. The monoisotopic (exact) mass is 421 g/mol. The molecule has 1 aromatic carbocycles. The Morgan fingerprint density at radius 1 is 1.19 bits per heavy atom. The van der Waals surface area contributed by atoms with Crippen molar-refractivity contribution in [2.75, 3.05) is 30.4 Å². The van der Waals surface area contributed by atoms with Crippen molar-refractivity contribution in [1.29, 1.82) is 0 Å². The third-order valence-corrected chi connectivity index (χ3v) is 5.34. The van der Waals surface area contributed by atoms with Gasteiger partial charge in [0.25, 0.3) is 0 Å². The summed E-state index contributed by atoms with van der Waals surface area (Å²) >= 11 is 0. The number of nitrogens with one attached hydrogen (secondary N) is 2. The van der Waals surface area contributed by atoms with Gasteiger partial charge in [-0.3, -0.25) is 15.2 Å². The molecular formula is C22H27N7O2. The summed E-state index contributed by atoms with van der Waals surface area (Å²) in [4.78, 5) is 28.4. The van der Waals surface area contributed by atoms with Gasteiger partial charge in [0.05, 0.1) is 13.0 Å². The zero-order chi connectivity index (χ0) is 21.8. The van der Waals surface area contributed by atoms with E-state index in [-0.39, 0.29) is 11.8 Å². The highest BCUT2D eigenvalue weighted by Gasteiger charge is 2.28. The summed E-state index contributed by atoms with van der Waals surface area (Å²) in [5.74, 6) is 2.24. The molecule has 1 fully saturated rings. The number of aromatic amines is 1. The topological polar surface area (TPSA) is 109 Å². The molecule has 0 saturated carbocycles. The number of nitrogens with zero attached hydrogens (tertiary/aromatic N) is 5. The lowest BCUT2D eigenvalue weighted by Gasteiger charge is -2.32. The van der Waals surface area contributed by atoms with E-state index in [1.807, 2.05) is 44.2 Å². The number of anilines is 2. The average Bonchev–Trinajstić information content (AvgIpc) is 3.20. The third kappa shape index (κ3) is 5.17. The van der Waals surface area contributed by atoms with Crippen molar-refractivity contribution in [3.8, 4) is 5.75 Å². The van der Waals surface area contributed by atoms with E-state index in [1.54, 1.807) is 7.11 Å². The number of H-pyrrole nitrogens is 1. The van der Waals surface area contributed by atoms with Crippen molar-refractivity contribution in [3.63, 3.8) is 0 Å². The lowest BCUT2D eigenvalue weighted by atomic mass is 9.97. The molecule has 9 nitrogen and oxygen atoms in total. The van der Waals surface area contributed by atoms with Crippen molar-refractivity contribution in [3.05, 3.63) is 53.1 Å². The standard InChI is InChI=1S/C22H27N7O2/c1-14-11-15(2)24-22(23-14)29-10-4-5-17(13-29)20(30)26-21-25-19(27-28-21)12-16-6-8-18(31-3)9-7-16/h6-9,11,17H,4-5,10,12-13H2,1-3H3,(H2,25,26,27,28,30)/t17-/m0/s1. The predicted molar refractivity (Wildman–Crippen MR) is 117 cm³/mol. The van der Waals surface area contributed by atoms with Gasteiger partial charge in [0, 0.05) is 30.9 Å². The minimum atomic E-state index is -0.165. The number of carbonyl (C=O) groups is 1. The smallest absolute Gasteiger partial charge is 0.248 e. The number of piperidine rings is 1. The number of aromatic nitrogens is 5. The van der Waals surface area contributed by atoms with Crippen LogP contribution in [0.4, 0.5) is 11.9 Å². The van der Waals surface area contributed by atoms with Crippen LogP contribution < -0.4 is 15.0 Å². The fourth-order valence-electron chi connectivity index (χ4n) is 3.80. The van der Waals surface area contributed by atoms with Crippen LogP contribution in [-0.2, 0) is 11.2 Å². The Morgan fingerprint density at radius 2 is 1.94 bits per heavy atom. The number of ether oxygens (including phenoxy) is 1. The van der Waals surface area contributed by atoms with E-state index in [0.717, 1.165) is 42.1 Å². The second-order valence-corrected chi connectivity index (χ2v) is 7.86. The summed E-state index contributed by atoms with van der Waals surface area (Å²) in [6.07, 6.45) is 2.32. The van der Waals surface area contributed by atoms with Crippen LogP contribution in [0.25, 0.3) is 0 Å². The molecule has 0 spiro atoms. The van der Waals surface area contributed by atoms with Gasteiger partial charge in [-0.1, -0.05) is 12.1 Å². The molecule has 1 atom stereocenters. The summed E-state index contributed by atoms with van der Waals surface area (Å²) in [5.41, 5.74) is 2.93. The molecule has 0 bridgehead atoms. The number of benzene rings is 1. The second kappa shape index (κ2) is 9.11. The summed E-state index contributed by atoms with van der Waals surface area (Å²) in [5, 5.41) is 9.90. The van der Waals surface area contributed by atoms with Gasteiger partial charge < -0.3 is 9.64 Å². The van der Waals surface area contributed by atoms with Gasteiger partial charge in [-0.25, -0.2) is 9.97 Å². The second-order valence-electron chi connectivity index (χ2n) is 7.86. The fraction of sp³-hybridized carbons (Fsp3) is 0.409. The summed E-state index contributed by atoms with van der Waals surface area (Å²) in [6, 6.07) is 9.71. The van der Waals surface area contributed by atoms with E-state index in [0.29, 0.717) is 30.7 Å². The van der Waals surface area contributed by atoms with Crippen LogP contribution in [0.3, 0.4) is 0 Å². The molecule has 162 valence electrons. The summed E-state index contributed by atoms with van der Waals surface area (Å²) in [6.45, 7) is 5.34. The van der Waals surface area contributed by atoms with Gasteiger partial charge >= 0.3 is 0 Å². The minimum absolute atomic E-state index is 0.0796. The SMILES string of the molecule is COc1ccc(Cc2nc(NC(=O)[C@H]3CCCN(c4nc(C)cc(C)n4)C3)n[nH]2)cc1. The first kappa shape index (κ1) is 20.8. The molecule has 3 heterocycles. The molecular weight excluding hydrogens is 394 g/mol. The molecule has 2 aromatic heterocycles. The lowest BCUT2D eigenvalue weighted by molar-refractivity contribution is -0.120. The zero-order valence-corrected chi connectivity index (χ0v) is 18.1. The van der Waals surface area contributed by atoms with E-state index < -0.39 is 0 Å². The Morgan fingerprint density at radius 3 is 2.65 bits per heavy atom. The normalized spacial score (nSPS) is 16.2. The van der Waals surface area contributed by atoms with E-state index in [9.17, 15) is 4.79 Å². The maximum absolute atomic E-state index is 12.8. The Bertz CT molecular complexity index is 1030. The van der Waals surface area contributed by atoms with E-state index in [4.69, 9.17) is 4.74 Å². The Hall–Kier alpha value is -3.49. The van der Waals surface area contributed by atoms with Crippen LogP contribution in [0.5, 0.6) is 5.75 Å². The lowest BCUT2D eigenvalue weighted by Crippen LogP contribution is -2.41. The number of carbonyl (C=O) groups excluding carboxylic acids is 1. The molecule has 2 N–H and O–H groups in total. The quantitative estimate of drug-likeness (QED) is 0.630. The van der Waals surface area contributed by atoms with Crippen LogP contribution in [-0.4, -0.2) is 51.3 Å². The van der Waals surface area contributed by atoms with Crippen LogP contribution in [0.1, 0.15) is 35.6 Å². The van der Waals surface area contributed by atoms with Crippen LogP contribution in [0.2, 0.25) is 0 Å². The average molecular weight is 422 g/mol. The van der Waals surface area contributed by atoms with Gasteiger partial charge in [-0.05, 0) is 50.5 Å². The maximum atomic E-state index is 12.8. The molecule has 1 saturated heterocycles. The Kier molecular flexibility index (Phi) is 6.11. The van der Waals surface area contributed by atoms with Gasteiger partial charge in [-0.15, -0.1) is 5.10 Å². The molecule has 9 heteroatoms. The van der Waals surface area contributed by atoms with E-state index in [1.165, 1.54) is 0 Å². The van der Waals surface area contributed by atoms with Gasteiger partial charge in [0.15, 0.2) is 0 Å². The van der Waals surface area contributed by atoms with Gasteiger partial charge in [0.1, 0.15) is 11.6 Å². The highest BCUT2D eigenvalue weighted by molar-refractivity contribution is 5.91. The first-order chi connectivity index (χ1) is 15.0. The zero-order valence-electron chi connectivity index (χ0n) is 18.1. The van der Waals surface area contributed by atoms with E-state index >= 15 is 0 Å². The Labute approximate surface area is 181 Å². The summed E-state index contributed by atoms with van der Waals surface area (Å²) in [7, 11) is 1.64. The van der Waals surface area contributed by atoms with Crippen molar-refractivity contribution >= 4 is 17.8 Å². The minimum Gasteiger partial charge on any atom is -0.497 e. The van der Waals surface area contributed by atoms with E-state index in [2.05, 4.69) is 35.4 Å². The molecule has 3 aromatic rings. The fourth-order valence-corrected chi connectivity index (χ4v) is 3.80. The predicted octanol–water partition coefficient (Wildman–Crippen LogP) is 2.67. The molecule has 4 rings (SSSR count). The number of rotatable bonds is 6. The molecule has 31 heavy (non-hydrogen) atoms. The van der Waals surface area contributed by atoms with Crippen LogP contribution in [0.15, 0.2) is 30.3 Å². The number of hydrogen-bond acceptors (Lipinski definition) is 7. The third-order valence-electron chi connectivity index (χ3n) is 5.34. The molecule has 0 unspecified atom stereocenters. The first-order valence-corrected chi connectivity index (χ1v) is 10.4. The van der Waals surface area contributed by atoms with Crippen molar-refractivity contribution < 1.29 is 9.53 Å². The van der Waals surface area contributed by atoms with Crippen molar-refractivity contribution in [1.82, 2.24) is 25.1 Å². The number of hydrogen-bond donors (Lipinski definition) is 2.